The van der Waals surface area contributed by atoms with Crippen molar-refractivity contribution in [1.29, 1.82) is 0 Å². The average molecular weight is 513 g/mol. The van der Waals surface area contributed by atoms with E-state index in [4.69, 9.17) is 4.98 Å². The number of benzene rings is 2. The first-order valence-corrected chi connectivity index (χ1v) is 13.1. The maximum atomic E-state index is 13.6. The van der Waals surface area contributed by atoms with Gasteiger partial charge in [0.1, 0.15) is 5.82 Å². The highest BCUT2D eigenvalue weighted by Crippen LogP contribution is 2.30. The SMILES string of the molecule is CCCc1nc2c(c(=O)n(CC(C)C)c(=O)n2CC)n1Cc1ccc(-c2ccccc2-c2nnn[nH]2)cc1. The van der Waals surface area contributed by atoms with E-state index in [1.54, 1.807) is 4.57 Å². The van der Waals surface area contributed by atoms with Gasteiger partial charge in [0.25, 0.3) is 5.56 Å². The van der Waals surface area contributed by atoms with Crippen molar-refractivity contribution in [2.75, 3.05) is 0 Å². The number of hydrogen-bond acceptors (Lipinski definition) is 6. The van der Waals surface area contributed by atoms with Crippen LogP contribution < -0.4 is 11.2 Å². The van der Waals surface area contributed by atoms with Gasteiger partial charge in [-0.15, -0.1) is 5.10 Å². The van der Waals surface area contributed by atoms with Gasteiger partial charge in [0.2, 0.25) is 0 Å². The van der Waals surface area contributed by atoms with Crippen LogP contribution in [-0.2, 0) is 26.1 Å². The third-order valence-corrected chi connectivity index (χ3v) is 6.66. The number of aromatic nitrogens is 8. The summed E-state index contributed by atoms with van der Waals surface area (Å²) in [5.41, 5.74) is 4.39. The predicted molar refractivity (Wildman–Crippen MR) is 147 cm³/mol. The van der Waals surface area contributed by atoms with Crippen LogP contribution in [0.15, 0.2) is 58.1 Å². The molecular formula is C28H32N8O2. The van der Waals surface area contributed by atoms with Crippen molar-refractivity contribution >= 4 is 11.2 Å². The number of rotatable bonds is 9. The lowest BCUT2D eigenvalue weighted by Crippen LogP contribution is -2.41. The van der Waals surface area contributed by atoms with E-state index < -0.39 is 0 Å². The molecule has 0 spiro atoms. The second-order valence-electron chi connectivity index (χ2n) is 9.87. The van der Waals surface area contributed by atoms with Crippen LogP contribution in [0, 0.1) is 5.92 Å². The molecule has 0 fully saturated rings. The second kappa shape index (κ2) is 10.6. The van der Waals surface area contributed by atoms with Gasteiger partial charge in [-0.2, -0.15) is 0 Å². The van der Waals surface area contributed by atoms with Crippen molar-refractivity contribution in [1.82, 2.24) is 39.3 Å². The summed E-state index contributed by atoms with van der Waals surface area (Å²) < 4.78 is 4.97. The van der Waals surface area contributed by atoms with Gasteiger partial charge >= 0.3 is 5.69 Å². The van der Waals surface area contributed by atoms with Gasteiger partial charge in [-0.05, 0) is 46.4 Å². The van der Waals surface area contributed by atoms with Crippen molar-refractivity contribution in [3.8, 4) is 22.5 Å². The number of tetrazole rings is 1. The van der Waals surface area contributed by atoms with Gasteiger partial charge in [0.05, 0.1) is 0 Å². The monoisotopic (exact) mass is 512 g/mol. The summed E-state index contributed by atoms with van der Waals surface area (Å²) in [6.07, 6.45) is 1.60. The van der Waals surface area contributed by atoms with Crippen LogP contribution in [0.1, 0.15) is 45.5 Å². The lowest BCUT2D eigenvalue weighted by molar-refractivity contribution is 0.477. The summed E-state index contributed by atoms with van der Waals surface area (Å²) in [5, 5.41) is 14.3. The molecule has 38 heavy (non-hydrogen) atoms. The summed E-state index contributed by atoms with van der Waals surface area (Å²) in [6, 6.07) is 16.2. The van der Waals surface area contributed by atoms with Crippen LogP contribution in [0.2, 0.25) is 0 Å². The molecule has 0 unspecified atom stereocenters. The van der Waals surface area contributed by atoms with Crippen LogP contribution in [0.5, 0.6) is 0 Å². The quantitative estimate of drug-likeness (QED) is 0.320. The zero-order valence-corrected chi connectivity index (χ0v) is 22.2. The number of hydrogen-bond donors (Lipinski definition) is 1. The molecule has 0 aliphatic carbocycles. The molecule has 1 N–H and O–H groups in total. The van der Waals surface area contributed by atoms with E-state index >= 15 is 0 Å². The fourth-order valence-corrected chi connectivity index (χ4v) is 4.92. The largest absolute Gasteiger partial charge is 0.332 e. The van der Waals surface area contributed by atoms with Gasteiger partial charge in [-0.1, -0.05) is 69.3 Å². The standard InChI is InChI=1S/C28H32N8O2/c1-5-9-23-29-26-24(27(37)36(16-18(3)4)28(38)34(26)6-2)35(23)17-19-12-14-20(15-13-19)21-10-7-8-11-22(21)25-30-32-33-31-25/h7-8,10-15,18H,5-6,9,16-17H2,1-4H3,(H,30,31,32,33). The lowest BCUT2D eigenvalue weighted by atomic mass is 9.98. The third-order valence-electron chi connectivity index (χ3n) is 6.66. The van der Waals surface area contributed by atoms with Crippen molar-refractivity contribution in [2.45, 2.75) is 60.2 Å². The molecule has 10 nitrogen and oxygen atoms in total. The Morgan fingerprint density at radius 2 is 1.66 bits per heavy atom. The zero-order valence-electron chi connectivity index (χ0n) is 22.2. The molecular weight excluding hydrogens is 480 g/mol. The first kappa shape index (κ1) is 25.3. The molecule has 0 aliphatic heterocycles. The van der Waals surface area contributed by atoms with Crippen LogP contribution in [0.3, 0.4) is 0 Å². The number of aromatic amines is 1. The highest BCUT2D eigenvalue weighted by molar-refractivity contribution is 5.80. The minimum absolute atomic E-state index is 0.165. The molecule has 0 saturated carbocycles. The van der Waals surface area contributed by atoms with E-state index in [9.17, 15) is 9.59 Å². The van der Waals surface area contributed by atoms with E-state index in [2.05, 4.69) is 51.8 Å². The van der Waals surface area contributed by atoms with Gasteiger partial charge in [0.15, 0.2) is 17.0 Å². The number of fused-ring (bicyclic) bond motifs is 1. The summed E-state index contributed by atoms with van der Waals surface area (Å²) in [5.74, 6) is 1.59. The smallest absolute Gasteiger partial charge is 0.318 e. The van der Waals surface area contributed by atoms with Gasteiger partial charge in [-0.25, -0.2) is 14.9 Å². The molecule has 0 bridgehead atoms. The average Bonchev–Trinajstić information content (AvgIpc) is 3.57. The highest BCUT2D eigenvalue weighted by atomic mass is 16.2. The Labute approximate surface area is 220 Å². The third kappa shape index (κ3) is 4.57. The molecule has 0 atom stereocenters. The number of imidazole rings is 1. The van der Waals surface area contributed by atoms with Crippen molar-refractivity contribution in [3.63, 3.8) is 0 Å². The zero-order chi connectivity index (χ0) is 26.8. The molecule has 5 aromatic rings. The first-order valence-electron chi connectivity index (χ1n) is 13.1. The maximum absolute atomic E-state index is 13.6. The first-order chi connectivity index (χ1) is 18.4. The maximum Gasteiger partial charge on any atom is 0.332 e. The lowest BCUT2D eigenvalue weighted by Gasteiger charge is -2.14. The predicted octanol–water partition coefficient (Wildman–Crippen LogP) is 3.88. The molecule has 0 aliphatic rings. The van der Waals surface area contributed by atoms with E-state index in [1.807, 2.05) is 49.6 Å². The number of H-pyrrole nitrogens is 1. The van der Waals surface area contributed by atoms with E-state index in [-0.39, 0.29) is 17.2 Å². The normalized spacial score (nSPS) is 11.6. The molecule has 5 rings (SSSR count). The molecule has 0 radical (unpaired) electrons. The second-order valence-corrected chi connectivity index (χ2v) is 9.87. The Bertz CT molecular complexity index is 1680. The Kier molecular flexibility index (Phi) is 7.04. The minimum Gasteiger partial charge on any atom is -0.318 e. The summed E-state index contributed by atoms with van der Waals surface area (Å²) >= 11 is 0. The van der Waals surface area contributed by atoms with Gasteiger partial charge in [-0.3, -0.25) is 13.9 Å². The molecule has 0 amide bonds. The molecule has 2 aromatic carbocycles. The van der Waals surface area contributed by atoms with E-state index in [0.29, 0.717) is 43.0 Å². The van der Waals surface area contributed by atoms with Gasteiger partial charge < -0.3 is 4.57 Å². The Morgan fingerprint density at radius 3 is 2.29 bits per heavy atom. The van der Waals surface area contributed by atoms with Crippen LogP contribution in [0.25, 0.3) is 33.7 Å². The summed E-state index contributed by atoms with van der Waals surface area (Å²) in [7, 11) is 0. The van der Waals surface area contributed by atoms with Crippen molar-refractivity contribution in [2.24, 2.45) is 5.92 Å². The van der Waals surface area contributed by atoms with Gasteiger partial charge in [0, 0.05) is 31.6 Å². The van der Waals surface area contributed by atoms with Crippen LogP contribution >= 0.6 is 0 Å². The Balaban J connectivity index is 1.59. The van der Waals surface area contributed by atoms with Crippen LogP contribution in [0.4, 0.5) is 0 Å². The fourth-order valence-electron chi connectivity index (χ4n) is 4.92. The van der Waals surface area contributed by atoms with E-state index in [1.165, 1.54) is 4.57 Å². The van der Waals surface area contributed by atoms with E-state index in [0.717, 1.165) is 34.5 Å². The van der Waals surface area contributed by atoms with Crippen molar-refractivity contribution in [3.05, 3.63) is 80.8 Å². The topological polar surface area (TPSA) is 116 Å². The van der Waals surface area contributed by atoms with Crippen molar-refractivity contribution < 1.29 is 0 Å². The van der Waals surface area contributed by atoms with Crippen LogP contribution in [-0.4, -0.2) is 39.3 Å². The number of nitrogens with one attached hydrogen (secondary N) is 1. The molecule has 10 heteroatoms. The molecule has 0 saturated heterocycles. The highest BCUT2D eigenvalue weighted by Gasteiger charge is 2.21. The fraction of sp³-hybridized carbons (Fsp3) is 0.357. The molecule has 196 valence electrons. The summed E-state index contributed by atoms with van der Waals surface area (Å²) in [4.78, 5) is 31.6. The Hall–Kier alpha value is -4.34. The minimum atomic E-state index is -0.295. The number of aryl methyl sites for hydroxylation is 2. The molecule has 3 aromatic heterocycles. The number of nitrogens with zero attached hydrogens (tertiary/aromatic N) is 7. The molecule has 3 heterocycles. The summed E-state index contributed by atoms with van der Waals surface area (Å²) in [6.45, 7) is 9.31. The Morgan fingerprint density at radius 1 is 0.921 bits per heavy atom.